The van der Waals surface area contributed by atoms with Crippen LogP contribution in [-0.4, -0.2) is 60.2 Å². The normalized spacial score (nSPS) is 15.4. The van der Waals surface area contributed by atoms with Crippen molar-refractivity contribution in [2.24, 2.45) is 0 Å². The third-order valence-corrected chi connectivity index (χ3v) is 5.75. The van der Waals surface area contributed by atoms with Crippen LogP contribution in [0, 0.1) is 6.92 Å². The fourth-order valence-corrected chi connectivity index (χ4v) is 4.07. The molecule has 29 heavy (non-hydrogen) atoms. The largest absolute Gasteiger partial charge is 0.336 e. The summed E-state index contributed by atoms with van der Waals surface area (Å²) in [5, 5.41) is 6.90. The monoisotopic (exact) mass is 417 g/mol. The van der Waals surface area contributed by atoms with Crippen molar-refractivity contribution in [2.45, 2.75) is 39.7 Å². The smallest absolute Gasteiger partial charge is 0.315 e. The van der Waals surface area contributed by atoms with E-state index < -0.39 is 0 Å². The van der Waals surface area contributed by atoms with E-state index in [0.29, 0.717) is 6.54 Å². The minimum atomic E-state index is -0.206. The molecule has 1 saturated heterocycles. The van der Waals surface area contributed by atoms with E-state index in [1.807, 2.05) is 20.8 Å². The minimum Gasteiger partial charge on any atom is -0.336 e. The van der Waals surface area contributed by atoms with Crippen molar-refractivity contribution in [1.82, 2.24) is 20.0 Å². The fraction of sp³-hybridized carbons (Fsp3) is 0.571. The molecule has 2 heterocycles. The first-order valence-electron chi connectivity index (χ1n) is 10.3. The van der Waals surface area contributed by atoms with E-state index >= 15 is 0 Å². The summed E-state index contributed by atoms with van der Waals surface area (Å²) < 4.78 is 4.55. The van der Waals surface area contributed by atoms with E-state index in [2.05, 4.69) is 51.1 Å². The van der Waals surface area contributed by atoms with Gasteiger partial charge in [-0.1, -0.05) is 29.8 Å². The molecule has 3 N–H and O–H groups in total. The molecule has 1 aliphatic heterocycles. The summed E-state index contributed by atoms with van der Waals surface area (Å²) in [6.07, 6.45) is 0.782. The van der Waals surface area contributed by atoms with Crippen molar-refractivity contribution in [1.29, 1.82) is 0 Å². The van der Waals surface area contributed by atoms with Crippen molar-refractivity contribution >= 4 is 22.7 Å². The molecule has 0 radical (unpaired) electrons. The molecule has 0 bridgehead atoms. The van der Waals surface area contributed by atoms with Crippen molar-refractivity contribution in [3.8, 4) is 0 Å². The molecular formula is C21H33N6OS+. The van der Waals surface area contributed by atoms with Crippen molar-refractivity contribution in [3.63, 3.8) is 0 Å². The van der Waals surface area contributed by atoms with Crippen LogP contribution in [0.15, 0.2) is 24.3 Å². The number of rotatable bonds is 6. The molecule has 0 unspecified atom stereocenters. The number of hydrogen-bond donors (Lipinski definition) is 3. The van der Waals surface area contributed by atoms with Gasteiger partial charge in [0.15, 0.2) is 0 Å². The molecule has 2 aromatic rings. The first-order valence-corrected chi connectivity index (χ1v) is 11.1. The van der Waals surface area contributed by atoms with Crippen molar-refractivity contribution in [3.05, 3.63) is 41.2 Å². The minimum absolute atomic E-state index is 0.0921. The Morgan fingerprint density at radius 2 is 1.90 bits per heavy atom. The van der Waals surface area contributed by atoms with Crippen molar-refractivity contribution in [2.75, 3.05) is 44.2 Å². The number of amides is 2. The lowest BCUT2D eigenvalue weighted by molar-refractivity contribution is -0.899. The van der Waals surface area contributed by atoms with Crippen LogP contribution in [0.4, 0.5) is 9.93 Å². The molecule has 1 aromatic carbocycles. The Morgan fingerprint density at radius 1 is 1.21 bits per heavy atom. The summed E-state index contributed by atoms with van der Waals surface area (Å²) >= 11 is 1.50. The maximum atomic E-state index is 11.8. The number of nitrogens with one attached hydrogen (secondary N) is 3. The van der Waals surface area contributed by atoms with Crippen LogP contribution in [-0.2, 0) is 6.42 Å². The highest BCUT2D eigenvalue weighted by Crippen LogP contribution is 2.19. The summed E-state index contributed by atoms with van der Waals surface area (Å²) in [7, 11) is 0. The number of quaternary nitrogens is 1. The maximum absolute atomic E-state index is 11.8. The molecule has 0 spiro atoms. The quantitative estimate of drug-likeness (QED) is 0.661. The zero-order valence-corrected chi connectivity index (χ0v) is 18.7. The van der Waals surface area contributed by atoms with E-state index in [0.717, 1.165) is 50.1 Å². The van der Waals surface area contributed by atoms with Gasteiger partial charge in [0.2, 0.25) is 5.13 Å². The van der Waals surface area contributed by atoms with E-state index in [-0.39, 0.29) is 11.6 Å². The van der Waals surface area contributed by atoms with Gasteiger partial charge in [0, 0.05) is 23.5 Å². The van der Waals surface area contributed by atoms with E-state index in [1.165, 1.54) is 27.6 Å². The lowest BCUT2D eigenvalue weighted by atomic mass is 10.1. The van der Waals surface area contributed by atoms with Gasteiger partial charge in [-0.2, -0.15) is 4.37 Å². The van der Waals surface area contributed by atoms with Gasteiger partial charge in [-0.15, -0.1) is 0 Å². The number of piperazine rings is 1. The summed E-state index contributed by atoms with van der Waals surface area (Å²) in [5.74, 6) is 0.901. The van der Waals surface area contributed by atoms with Crippen LogP contribution in [0.1, 0.15) is 37.7 Å². The first kappa shape index (κ1) is 21.5. The molecule has 7 nitrogen and oxygen atoms in total. The van der Waals surface area contributed by atoms with Crippen LogP contribution >= 0.6 is 11.5 Å². The maximum Gasteiger partial charge on any atom is 0.315 e. The van der Waals surface area contributed by atoms with E-state index in [9.17, 15) is 4.79 Å². The number of carbonyl (C=O) groups excluding carboxylic acids is 1. The fourth-order valence-electron chi connectivity index (χ4n) is 3.34. The van der Waals surface area contributed by atoms with Crippen LogP contribution in [0.3, 0.4) is 0 Å². The summed E-state index contributed by atoms with van der Waals surface area (Å²) in [4.78, 5) is 20.4. The van der Waals surface area contributed by atoms with Gasteiger partial charge in [-0.3, -0.25) is 0 Å². The van der Waals surface area contributed by atoms with E-state index in [1.54, 1.807) is 0 Å². The Morgan fingerprint density at radius 3 is 2.55 bits per heavy atom. The highest BCUT2D eigenvalue weighted by Gasteiger charge is 2.23. The van der Waals surface area contributed by atoms with Gasteiger partial charge < -0.3 is 20.4 Å². The molecule has 1 aromatic heterocycles. The van der Waals surface area contributed by atoms with Gasteiger partial charge >= 0.3 is 6.03 Å². The molecule has 0 aliphatic carbocycles. The molecule has 2 amide bonds. The highest BCUT2D eigenvalue weighted by atomic mass is 32.1. The number of nitrogens with zero attached hydrogens (tertiary/aromatic N) is 3. The first-order chi connectivity index (χ1) is 13.8. The van der Waals surface area contributed by atoms with Crippen LogP contribution in [0.25, 0.3) is 0 Å². The van der Waals surface area contributed by atoms with Crippen LogP contribution in [0.2, 0.25) is 0 Å². The Kier molecular flexibility index (Phi) is 7.08. The van der Waals surface area contributed by atoms with Gasteiger partial charge in [-0.05, 0) is 33.3 Å². The zero-order valence-electron chi connectivity index (χ0n) is 17.9. The van der Waals surface area contributed by atoms with Gasteiger partial charge in [-0.25, -0.2) is 9.78 Å². The number of carbonyl (C=O) groups is 1. The molecule has 8 heteroatoms. The number of hydrogen-bond acceptors (Lipinski definition) is 5. The second kappa shape index (κ2) is 9.54. The average molecular weight is 418 g/mol. The molecule has 0 atom stereocenters. The summed E-state index contributed by atoms with van der Waals surface area (Å²) in [6, 6.07) is 8.46. The van der Waals surface area contributed by atoms with Gasteiger partial charge in [0.1, 0.15) is 5.82 Å². The number of urea groups is 1. The number of benzene rings is 1. The predicted molar refractivity (Wildman–Crippen MR) is 118 cm³/mol. The number of aromatic nitrogens is 2. The van der Waals surface area contributed by atoms with Gasteiger partial charge in [0.05, 0.1) is 39.3 Å². The lowest BCUT2D eigenvalue weighted by Crippen LogP contribution is -3.15. The average Bonchev–Trinajstić information content (AvgIpc) is 3.11. The standard InChI is InChI=1S/C21H32N6OS/c1-16-5-7-17(8-6-16)15-18-23-20(29-25-18)27-13-11-26(12-14-27)10-9-22-19(28)24-21(2,3)4/h5-8H,9-15H2,1-4H3,(H2,22,24,28)/p+1. The molecule has 3 rings (SSSR count). The number of anilines is 1. The van der Waals surface area contributed by atoms with E-state index in [4.69, 9.17) is 4.98 Å². The SMILES string of the molecule is Cc1ccc(Cc2nsc(N3CC[NH+](CCNC(=O)NC(C)(C)C)CC3)n2)cc1. The third kappa shape index (κ3) is 6.97. The van der Waals surface area contributed by atoms with Crippen LogP contribution in [0.5, 0.6) is 0 Å². The molecular weight excluding hydrogens is 384 g/mol. The summed E-state index contributed by atoms with van der Waals surface area (Å²) in [5.41, 5.74) is 2.31. The predicted octanol–water partition coefficient (Wildman–Crippen LogP) is 1.24. The van der Waals surface area contributed by atoms with Gasteiger partial charge in [0.25, 0.3) is 0 Å². The molecule has 1 aliphatic rings. The topological polar surface area (TPSA) is 74.6 Å². The number of aryl methyl sites for hydroxylation is 1. The summed E-state index contributed by atoms with van der Waals surface area (Å²) in [6.45, 7) is 13.7. The van der Waals surface area contributed by atoms with Crippen LogP contribution < -0.4 is 20.4 Å². The second-order valence-corrected chi connectivity index (χ2v) is 9.50. The Hall–Kier alpha value is -2.19. The molecule has 1 fully saturated rings. The lowest BCUT2D eigenvalue weighted by Gasteiger charge is -2.31. The Balaban J connectivity index is 1.40. The second-order valence-electron chi connectivity index (χ2n) is 8.77. The molecule has 0 saturated carbocycles. The third-order valence-electron chi connectivity index (χ3n) is 4.93. The zero-order chi connectivity index (χ0) is 20.9. The van der Waals surface area contributed by atoms with Crippen molar-refractivity contribution < 1.29 is 9.69 Å². The Bertz CT molecular complexity index is 790. The highest BCUT2D eigenvalue weighted by molar-refractivity contribution is 7.09. The Labute approximate surface area is 177 Å². The molecule has 158 valence electrons.